The molecule has 0 rings (SSSR count). The summed E-state index contributed by atoms with van der Waals surface area (Å²) in [5.74, 6) is -1.11. The predicted molar refractivity (Wildman–Crippen MR) is 361 cm³/mol. The van der Waals surface area contributed by atoms with Gasteiger partial charge in [0, 0.05) is 19.3 Å². The average Bonchev–Trinajstić information content (AvgIpc) is 3.49. The Bertz CT molecular complexity index is 2130. The number of allylic oxidation sites excluding steroid dienone is 38. The lowest BCUT2D eigenvalue weighted by molar-refractivity contribution is -0.167. The van der Waals surface area contributed by atoms with Gasteiger partial charge in [-0.25, -0.2) is 0 Å². The van der Waals surface area contributed by atoms with Crippen LogP contribution in [0.5, 0.6) is 0 Å². The molecule has 0 fully saturated rings. The molecule has 0 aliphatic carbocycles. The van der Waals surface area contributed by atoms with E-state index in [1.165, 1.54) is 0 Å². The molecular weight excluding hydrogens is 1020 g/mol. The lowest BCUT2D eigenvalue weighted by atomic mass is 10.1. The summed E-state index contributed by atoms with van der Waals surface area (Å²) in [6, 6.07) is 0. The van der Waals surface area contributed by atoms with Crippen LogP contribution in [0.1, 0.15) is 213 Å². The fourth-order valence-corrected chi connectivity index (χ4v) is 7.49. The van der Waals surface area contributed by atoms with Gasteiger partial charge in [0.25, 0.3) is 0 Å². The number of unbranched alkanes of at least 4 members (excludes halogenated alkanes) is 5. The van der Waals surface area contributed by atoms with Gasteiger partial charge in [-0.05, 0) is 173 Å². The zero-order valence-electron chi connectivity index (χ0n) is 52.1. The third-order valence-corrected chi connectivity index (χ3v) is 12.1. The van der Waals surface area contributed by atoms with Crippen LogP contribution in [-0.4, -0.2) is 37.2 Å². The van der Waals surface area contributed by atoms with Crippen LogP contribution in [0.2, 0.25) is 0 Å². The first-order chi connectivity index (χ1) is 41.0. The van der Waals surface area contributed by atoms with E-state index in [0.29, 0.717) is 19.3 Å². The SMILES string of the molecule is CC/C=C\C/C=C\C/C=C\C/C=C\C/C=C\C/C=C\C/C=C\CCCC(=O)OCC(COC(=O)CCCC/C=C\C/C=C\C/C=C\C/C=C\C/C=C\C/C=C\CC)OC(=O)CCCC/C=C\C/C=C\C/C=C\C/C=C\C/C=C\C/C=C\CC. The van der Waals surface area contributed by atoms with E-state index in [1.54, 1.807) is 0 Å². The molecule has 1 unspecified atom stereocenters. The van der Waals surface area contributed by atoms with Crippen molar-refractivity contribution in [1.82, 2.24) is 0 Å². The van der Waals surface area contributed by atoms with E-state index >= 15 is 0 Å². The van der Waals surface area contributed by atoms with Crippen molar-refractivity contribution >= 4 is 17.9 Å². The molecule has 0 aromatic carbocycles. The molecule has 83 heavy (non-hydrogen) atoms. The standard InChI is InChI=1S/C77H112O6/c1-4-7-10-13-16-19-22-25-28-31-34-37-38-41-43-46-49-52-55-58-61-64-67-70-76(79)82-73-74(83-77(80)71-68-65-62-59-56-53-50-47-44-40-36-33-30-27-24-21-18-15-12-9-6-3)72-81-75(78)69-66-63-60-57-54-51-48-45-42-39-35-32-29-26-23-20-17-14-11-8-5-2/h7-12,16-21,25-30,34-37,39-41,43,45,47-50,52,54,56-59,61,74H,4-6,13-15,22-24,31-33,38,42,44,46,51,53,55,60,62-73H2,1-3H3/b10-7-,11-8-,12-9-,19-16-,20-17-,21-18-,28-25-,29-26-,30-27-,37-34-,39-35-,40-36-,43-41-,48-45-,50-47-,52-49-,57-54-,59-56-,61-58-. The molecule has 0 aliphatic heterocycles. The van der Waals surface area contributed by atoms with Gasteiger partial charge in [0.1, 0.15) is 13.2 Å². The van der Waals surface area contributed by atoms with E-state index in [-0.39, 0.29) is 44.4 Å². The maximum absolute atomic E-state index is 12.9. The Hall–Kier alpha value is -6.53. The predicted octanol–water partition coefficient (Wildman–Crippen LogP) is 22.3. The molecule has 0 bridgehead atoms. The van der Waals surface area contributed by atoms with Gasteiger partial charge in [-0.3, -0.25) is 14.4 Å². The molecule has 0 spiro atoms. The molecular formula is C77H112O6. The van der Waals surface area contributed by atoms with Crippen LogP contribution in [0, 0.1) is 0 Å². The van der Waals surface area contributed by atoms with Crippen LogP contribution in [-0.2, 0) is 28.6 Å². The number of ether oxygens (including phenoxy) is 3. The van der Waals surface area contributed by atoms with E-state index in [1.807, 2.05) is 0 Å². The van der Waals surface area contributed by atoms with Gasteiger partial charge < -0.3 is 14.2 Å². The van der Waals surface area contributed by atoms with Crippen molar-refractivity contribution < 1.29 is 28.6 Å². The van der Waals surface area contributed by atoms with Crippen LogP contribution in [0.4, 0.5) is 0 Å². The summed E-state index contributed by atoms with van der Waals surface area (Å²) >= 11 is 0. The minimum atomic E-state index is -0.862. The monoisotopic (exact) mass is 1130 g/mol. The van der Waals surface area contributed by atoms with E-state index in [2.05, 4.69) is 252 Å². The minimum absolute atomic E-state index is 0.152. The van der Waals surface area contributed by atoms with Crippen molar-refractivity contribution in [3.63, 3.8) is 0 Å². The first-order valence-corrected chi connectivity index (χ1v) is 31.9. The summed E-state index contributed by atoms with van der Waals surface area (Å²) in [6.45, 7) is 6.15. The Morgan fingerprint density at radius 1 is 0.241 bits per heavy atom. The molecule has 1 atom stereocenters. The molecule has 0 aromatic rings. The maximum atomic E-state index is 12.9. The largest absolute Gasteiger partial charge is 0.462 e. The summed E-state index contributed by atoms with van der Waals surface area (Å²) in [4.78, 5) is 38.3. The highest BCUT2D eigenvalue weighted by molar-refractivity contribution is 5.71. The average molecular weight is 1130 g/mol. The Kier molecular flexibility index (Phi) is 62.6. The van der Waals surface area contributed by atoms with Crippen LogP contribution < -0.4 is 0 Å². The lowest BCUT2D eigenvalue weighted by Crippen LogP contribution is -2.30. The Morgan fingerprint density at radius 2 is 0.434 bits per heavy atom. The van der Waals surface area contributed by atoms with Crippen LogP contribution in [0.15, 0.2) is 231 Å². The van der Waals surface area contributed by atoms with Crippen LogP contribution in [0.3, 0.4) is 0 Å². The Balaban J connectivity index is 4.71. The number of carbonyl (C=O) groups excluding carboxylic acids is 3. The number of carbonyl (C=O) groups is 3. The van der Waals surface area contributed by atoms with Crippen molar-refractivity contribution in [2.75, 3.05) is 13.2 Å². The van der Waals surface area contributed by atoms with Crippen LogP contribution >= 0.6 is 0 Å². The van der Waals surface area contributed by atoms with Gasteiger partial charge in [-0.2, -0.15) is 0 Å². The van der Waals surface area contributed by atoms with Crippen molar-refractivity contribution in [3.8, 4) is 0 Å². The number of hydrogen-bond acceptors (Lipinski definition) is 6. The molecule has 0 amide bonds. The van der Waals surface area contributed by atoms with E-state index in [0.717, 1.165) is 154 Å². The normalized spacial score (nSPS) is 13.7. The molecule has 6 nitrogen and oxygen atoms in total. The molecule has 456 valence electrons. The Labute approximate surface area is 507 Å². The first-order valence-electron chi connectivity index (χ1n) is 31.9. The molecule has 0 aromatic heterocycles. The van der Waals surface area contributed by atoms with Crippen molar-refractivity contribution in [2.24, 2.45) is 0 Å². The zero-order chi connectivity index (χ0) is 59.9. The highest BCUT2D eigenvalue weighted by atomic mass is 16.6. The van der Waals surface area contributed by atoms with Crippen molar-refractivity contribution in [2.45, 2.75) is 219 Å². The van der Waals surface area contributed by atoms with Gasteiger partial charge >= 0.3 is 17.9 Å². The molecule has 0 N–H and O–H groups in total. The molecule has 0 aliphatic rings. The highest BCUT2D eigenvalue weighted by Crippen LogP contribution is 2.10. The molecule has 0 saturated heterocycles. The second-order valence-electron chi connectivity index (χ2n) is 19.8. The summed E-state index contributed by atoms with van der Waals surface area (Å²) in [7, 11) is 0. The fraction of sp³-hybridized carbons (Fsp3) is 0.468. The molecule has 0 heterocycles. The molecule has 0 radical (unpaired) electrons. The van der Waals surface area contributed by atoms with E-state index in [9.17, 15) is 14.4 Å². The van der Waals surface area contributed by atoms with Gasteiger partial charge in [0.2, 0.25) is 0 Å². The fourth-order valence-electron chi connectivity index (χ4n) is 7.49. The first kappa shape index (κ1) is 76.5. The van der Waals surface area contributed by atoms with E-state index < -0.39 is 12.1 Å². The highest BCUT2D eigenvalue weighted by Gasteiger charge is 2.19. The van der Waals surface area contributed by atoms with Gasteiger partial charge in [0.05, 0.1) is 0 Å². The van der Waals surface area contributed by atoms with Crippen LogP contribution in [0.25, 0.3) is 0 Å². The Morgan fingerprint density at radius 3 is 0.675 bits per heavy atom. The number of rotatable bonds is 54. The topological polar surface area (TPSA) is 78.9 Å². The minimum Gasteiger partial charge on any atom is -0.462 e. The van der Waals surface area contributed by atoms with Crippen molar-refractivity contribution in [1.29, 1.82) is 0 Å². The van der Waals surface area contributed by atoms with Gasteiger partial charge in [-0.1, -0.05) is 252 Å². The summed E-state index contributed by atoms with van der Waals surface area (Å²) < 4.78 is 16.8. The van der Waals surface area contributed by atoms with E-state index in [4.69, 9.17) is 14.2 Å². The second-order valence-corrected chi connectivity index (χ2v) is 19.8. The maximum Gasteiger partial charge on any atom is 0.306 e. The zero-order valence-corrected chi connectivity index (χ0v) is 52.1. The summed E-state index contributed by atoms with van der Waals surface area (Å²) in [5, 5.41) is 0. The van der Waals surface area contributed by atoms with Crippen molar-refractivity contribution in [3.05, 3.63) is 231 Å². The summed E-state index contributed by atoms with van der Waals surface area (Å²) in [5.41, 5.74) is 0. The van der Waals surface area contributed by atoms with Gasteiger partial charge in [-0.15, -0.1) is 0 Å². The third-order valence-electron chi connectivity index (χ3n) is 12.1. The molecule has 6 heteroatoms. The summed E-state index contributed by atoms with van der Waals surface area (Å²) in [6.07, 6.45) is 108. The number of hydrogen-bond donors (Lipinski definition) is 0. The smallest absolute Gasteiger partial charge is 0.306 e. The second kappa shape index (κ2) is 68.0. The number of esters is 3. The lowest BCUT2D eigenvalue weighted by Gasteiger charge is -2.18. The van der Waals surface area contributed by atoms with Gasteiger partial charge in [0.15, 0.2) is 6.10 Å². The molecule has 0 saturated carbocycles. The quantitative estimate of drug-likeness (QED) is 0.0261. The third kappa shape index (κ3) is 66.2.